The van der Waals surface area contributed by atoms with Gasteiger partial charge in [0.2, 0.25) is 0 Å². The molecule has 6 heteroatoms. The van der Waals surface area contributed by atoms with Gasteiger partial charge in [-0.1, -0.05) is 0 Å². The van der Waals surface area contributed by atoms with Gasteiger partial charge < -0.3 is 10.6 Å². The molecule has 2 N–H and O–H groups in total. The lowest BCUT2D eigenvalue weighted by Crippen LogP contribution is -2.34. The van der Waals surface area contributed by atoms with Gasteiger partial charge in [-0.25, -0.2) is 0 Å². The third kappa shape index (κ3) is 3.56. The summed E-state index contributed by atoms with van der Waals surface area (Å²) in [5.74, 6) is 0.671. The predicted octanol–water partition coefficient (Wildman–Crippen LogP) is 2.76. The molecule has 1 fully saturated rings. The molecule has 0 bridgehead atoms. The van der Waals surface area contributed by atoms with E-state index in [0.717, 1.165) is 48.2 Å². The normalized spacial score (nSPS) is 16.6. The molecule has 19 heavy (non-hydrogen) atoms. The maximum Gasteiger partial charge on any atom is 0.293 e. The van der Waals surface area contributed by atoms with Gasteiger partial charge in [-0.15, -0.1) is 0 Å². The van der Waals surface area contributed by atoms with Crippen LogP contribution < -0.4 is 10.6 Å². The highest BCUT2D eigenvalue weighted by Gasteiger charge is 2.24. The highest BCUT2D eigenvalue weighted by atomic mass is 127. The Balaban J connectivity index is 2.13. The van der Waals surface area contributed by atoms with E-state index in [4.69, 9.17) is 5.73 Å². The van der Waals surface area contributed by atoms with E-state index in [1.165, 1.54) is 0 Å². The lowest BCUT2D eigenvalue weighted by molar-refractivity contribution is -0.384. The summed E-state index contributed by atoms with van der Waals surface area (Å²) < 4.78 is 0.895. The van der Waals surface area contributed by atoms with Gasteiger partial charge in [0.05, 0.1) is 4.92 Å². The van der Waals surface area contributed by atoms with E-state index in [1.54, 1.807) is 6.07 Å². The van der Waals surface area contributed by atoms with Gasteiger partial charge in [0.15, 0.2) is 0 Å². The van der Waals surface area contributed by atoms with Gasteiger partial charge in [-0.3, -0.25) is 10.1 Å². The molecule has 1 aromatic rings. The van der Waals surface area contributed by atoms with E-state index >= 15 is 0 Å². The van der Waals surface area contributed by atoms with Gasteiger partial charge >= 0.3 is 0 Å². The maximum atomic E-state index is 11.1. The maximum absolute atomic E-state index is 11.1. The van der Waals surface area contributed by atoms with Crippen molar-refractivity contribution in [3.8, 4) is 0 Å². The summed E-state index contributed by atoms with van der Waals surface area (Å²) in [4.78, 5) is 13.0. The highest BCUT2D eigenvalue weighted by molar-refractivity contribution is 14.1. The first-order chi connectivity index (χ1) is 9.11. The minimum absolute atomic E-state index is 0.212. The summed E-state index contributed by atoms with van der Waals surface area (Å²) in [7, 11) is 0. The van der Waals surface area contributed by atoms with E-state index in [9.17, 15) is 10.1 Å². The van der Waals surface area contributed by atoms with Gasteiger partial charge in [0.1, 0.15) is 5.69 Å². The van der Waals surface area contributed by atoms with Crippen LogP contribution >= 0.6 is 22.6 Å². The summed E-state index contributed by atoms with van der Waals surface area (Å²) >= 11 is 2.10. The molecule has 0 spiro atoms. The zero-order chi connectivity index (χ0) is 13.8. The van der Waals surface area contributed by atoms with Crippen molar-refractivity contribution >= 4 is 34.0 Å². The van der Waals surface area contributed by atoms with E-state index in [1.807, 2.05) is 12.1 Å². The largest absolute Gasteiger partial charge is 0.366 e. The minimum atomic E-state index is -0.288. The molecule has 1 aliphatic rings. The fraction of sp³-hybridized carbons (Fsp3) is 0.538. The predicted molar refractivity (Wildman–Crippen MR) is 84.4 cm³/mol. The van der Waals surface area contributed by atoms with Crippen molar-refractivity contribution in [3.63, 3.8) is 0 Å². The fourth-order valence-electron chi connectivity index (χ4n) is 2.61. The van der Waals surface area contributed by atoms with Crippen molar-refractivity contribution in [1.29, 1.82) is 0 Å². The standard InChI is InChI=1S/C13H18IN3O2/c14-11-1-2-12(13(9-11)17(18)19)16-7-4-10(3-6-15)5-8-16/h1-2,9-10H,3-8,15H2. The summed E-state index contributed by atoms with van der Waals surface area (Å²) in [6.07, 6.45) is 3.20. The van der Waals surface area contributed by atoms with Gasteiger partial charge in [0, 0.05) is 22.7 Å². The molecule has 104 valence electrons. The molecule has 1 heterocycles. The average Bonchev–Trinajstić information content (AvgIpc) is 2.40. The van der Waals surface area contributed by atoms with E-state index < -0.39 is 0 Å². The number of nitrogens with two attached hydrogens (primary N) is 1. The molecule has 0 atom stereocenters. The SMILES string of the molecule is NCCC1CCN(c2ccc(I)cc2[N+](=O)[O-])CC1. The van der Waals surface area contributed by atoms with E-state index in [2.05, 4.69) is 27.5 Å². The smallest absolute Gasteiger partial charge is 0.293 e. The van der Waals surface area contributed by atoms with Crippen LogP contribution in [-0.4, -0.2) is 24.6 Å². The van der Waals surface area contributed by atoms with Crippen molar-refractivity contribution in [2.75, 3.05) is 24.5 Å². The number of piperidine rings is 1. The number of halogens is 1. The van der Waals surface area contributed by atoms with Crippen molar-refractivity contribution in [3.05, 3.63) is 31.9 Å². The summed E-state index contributed by atoms with van der Waals surface area (Å²) in [5.41, 5.74) is 6.54. The molecular weight excluding hydrogens is 357 g/mol. The van der Waals surface area contributed by atoms with Gasteiger partial charge in [-0.2, -0.15) is 0 Å². The summed E-state index contributed by atoms with van der Waals surface area (Å²) in [5, 5.41) is 11.1. The Hall–Kier alpha value is -0.890. The number of nitro groups is 1. The van der Waals surface area contributed by atoms with E-state index in [0.29, 0.717) is 5.92 Å². The first-order valence-corrected chi connectivity index (χ1v) is 7.58. The number of nitro benzene ring substituents is 1. The minimum Gasteiger partial charge on any atom is -0.366 e. The number of benzene rings is 1. The van der Waals surface area contributed by atoms with Crippen LogP contribution in [0.5, 0.6) is 0 Å². The number of anilines is 1. The summed E-state index contributed by atoms with van der Waals surface area (Å²) in [6, 6.07) is 5.43. The molecule has 1 aromatic carbocycles. The second kappa shape index (κ2) is 6.51. The van der Waals surface area contributed by atoms with Crippen molar-refractivity contribution in [2.45, 2.75) is 19.3 Å². The van der Waals surface area contributed by atoms with Gasteiger partial charge in [-0.05, 0) is 66.4 Å². The van der Waals surface area contributed by atoms with Crippen molar-refractivity contribution in [2.24, 2.45) is 11.7 Å². The molecule has 0 unspecified atom stereocenters. The van der Waals surface area contributed by atoms with Crippen LogP contribution in [0.15, 0.2) is 18.2 Å². The van der Waals surface area contributed by atoms with Crippen LogP contribution in [0.4, 0.5) is 11.4 Å². The summed E-state index contributed by atoms with van der Waals surface area (Å²) in [6.45, 7) is 2.49. The molecule has 0 aromatic heterocycles. The monoisotopic (exact) mass is 375 g/mol. The van der Waals surface area contributed by atoms with Crippen LogP contribution in [-0.2, 0) is 0 Å². The molecule has 2 rings (SSSR count). The average molecular weight is 375 g/mol. The zero-order valence-corrected chi connectivity index (χ0v) is 12.9. The molecule has 0 radical (unpaired) electrons. The Bertz CT molecular complexity index is 459. The van der Waals surface area contributed by atoms with Crippen molar-refractivity contribution in [1.82, 2.24) is 0 Å². The van der Waals surface area contributed by atoms with Gasteiger partial charge in [0.25, 0.3) is 5.69 Å². The molecule has 0 saturated carbocycles. The van der Waals surface area contributed by atoms with Crippen LogP contribution in [0.2, 0.25) is 0 Å². The molecule has 0 amide bonds. The Morgan fingerprint density at radius 1 is 1.42 bits per heavy atom. The lowest BCUT2D eigenvalue weighted by Gasteiger charge is -2.33. The van der Waals surface area contributed by atoms with Crippen LogP contribution in [0, 0.1) is 19.6 Å². The second-order valence-corrected chi connectivity index (χ2v) is 6.14. The Labute approximate surface area is 126 Å². The van der Waals surface area contributed by atoms with Crippen LogP contribution in [0.3, 0.4) is 0 Å². The van der Waals surface area contributed by atoms with Crippen LogP contribution in [0.1, 0.15) is 19.3 Å². The first kappa shape index (κ1) is 14.5. The number of hydrogen-bond donors (Lipinski definition) is 1. The first-order valence-electron chi connectivity index (χ1n) is 6.50. The molecular formula is C13H18IN3O2. The number of hydrogen-bond acceptors (Lipinski definition) is 4. The third-order valence-corrected chi connectivity index (χ3v) is 4.34. The highest BCUT2D eigenvalue weighted by Crippen LogP contribution is 2.33. The van der Waals surface area contributed by atoms with Crippen molar-refractivity contribution < 1.29 is 4.92 Å². The number of rotatable bonds is 4. The lowest BCUT2D eigenvalue weighted by atomic mass is 9.93. The topological polar surface area (TPSA) is 72.4 Å². The molecule has 1 aliphatic heterocycles. The van der Waals surface area contributed by atoms with Crippen LogP contribution in [0.25, 0.3) is 0 Å². The third-order valence-electron chi connectivity index (χ3n) is 3.66. The number of nitrogens with zero attached hydrogens (tertiary/aromatic N) is 2. The molecule has 5 nitrogen and oxygen atoms in total. The zero-order valence-electron chi connectivity index (χ0n) is 10.7. The molecule has 1 saturated heterocycles. The quantitative estimate of drug-likeness (QED) is 0.499. The second-order valence-electron chi connectivity index (χ2n) is 4.90. The Morgan fingerprint density at radius 2 is 2.11 bits per heavy atom. The fourth-order valence-corrected chi connectivity index (χ4v) is 3.08. The molecule has 0 aliphatic carbocycles. The Kier molecular flexibility index (Phi) is 4.98. The van der Waals surface area contributed by atoms with E-state index in [-0.39, 0.29) is 10.6 Å². The Morgan fingerprint density at radius 3 is 2.68 bits per heavy atom.